The van der Waals surface area contributed by atoms with Gasteiger partial charge in [0.05, 0.1) is 31.9 Å². The summed E-state index contributed by atoms with van der Waals surface area (Å²) >= 11 is 0. The Hall–Kier alpha value is -3.46. The van der Waals surface area contributed by atoms with Gasteiger partial charge >= 0.3 is 17.6 Å². The predicted molar refractivity (Wildman–Crippen MR) is 132 cm³/mol. The third-order valence-electron chi connectivity index (χ3n) is 3.68. The van der Waals surface area contributed by atoms with Gasteiger partial charge in [-0.1, -0.05) is 6.07 Å². The van der Waals surface area contributed by atoms with Crippen molar-refractivity contribution in [2.45, 2.75) is 52.4 Å². The molecule has 37 heavy (non-hydrogen) atoms. The van der Waals surface area contributed by atoms with Crippen molar-refractivity contribution >= 4 is 30.2 Å². The Morgan fingerprint density at radius 2 is 1.54 bits per heavy atom. The number of carbonyl (C=O) groups is 4. The van der Waals surface area contributed by atoms with Crippen LogP contribution in [0.1, 0.15) is 39.2 Å². The molecule has 2 atom stereocenters. The molecule has 0 saturated carbocycles. The number of carbonyl (C=O) groups excluding carboxylic acids is 4. The van der Waals surface area contributed by atoms with Gasteiger partial charge in [-0.2, -0.15) is 0 Å². The van der Waals surface area contributed by atoms with Crippen LogP contribution in [0.15, 0.2) is 18.2 Å². The van der Waals surface area contributed by atoms with Gasteiger partial charge in [0.15, 0.2) is 11.9 Å². The monoisotopic (exact) mass is 537 g/mol. The first-order valence-electron chi connectivity index (χ1n) is 10.6. The Balaban J connectivity index is -0.000000349. The molecule has 0 radical (unpaired) electrons. The van der Waals surface area contributed by atoms with Crippen LogP contribution in [0.3, 0.4) is 0 Å². The largest absolute Gasteiger partial charge is 0.471 e. The van der Waals surface area contributed by atoms with Crippen molar-refractivity contribution < 1.29 is 58.4 Å². The average molecular weight is 538 g/mol. The number of rotatable bonds is 10. The molecule has 2 unspecified atom stereocenters. The first-order valence-corrected chi connectivity index (χ1v) is 10.6. The van der Waals surface area contributed by atoms with Crippen LogP contribution in [-0.4, -0.2) is 92.0 Å². The number of aliphatic hydroxyl groups excluding tert-OH is 3. The minimum atomic E-state index is -1.13. The molecular weight excluding hydrogens is 498 g/mol. The second-order valence-electron chi connectivity index (χ2n) is 6.12. The zero-order chi connectivity index (χ0) is 29.8. The quantitative estimate of drug-likeness (QED) is 0.165. The third-order valence-corrected chi connectivity index (χ3v) is 3.68. The number of benzene rings is 1. The minimum Gasteiger partial charge on any atom is -0.471 e. The van der Waals surface area contributed by atoms with E-state index in [0.29, 0.717) is 5.56 Å². The highest BCUT2D eigenvalue weighted by atomic mass is 16.6. The van der Waals surface area contributed by atoms with Crippen molar-refractivity contribution in [2.75, 3.05) is 35.0 Å². The second kappa shape index (κ2) is 28.8. The fourth-order valence-electron chi connectivity index (χ4n) is 2.10. The normalized spacial score (nSPS) is 10.3. The van der Waals surface area contributed by atoms with E-state index in [1.54, 1.807) is 0 Å². The van der Waals surface area contributed by atoms with Crippen LogP contribution in [-0.2, 0) is 40.0 Å². The summed E-state index contributed by atoms with van der Waals surface area (Å²) in [4.78, 5) is 49.6. The van der Waals surface area contributed by atoms with Crippen LogP contribution in [0.5, 0.6) is 5.75 Å². The topological polar surface area (TPSA) is 209 Å². The van der Waals surface area contributed by atoms with E-state index < -0.39 is 23.1 Å². The van der Waals surface area contributed by atoms with Crippen molar-refractivity contribution in [2.24, 2.45) is 0 Å². The van der Waals surface area contributed by atoms with E-state index in [4.69, 9.17) is 34.4 Å². The van der Waals surface area contributed by atoms with Gasteiger partial charge in [0.1, 0.15) is 12.6 Å². The number of esters is 2. The highest BCUT2D eigenvalue weighted by Crippen LogP contribution is 2.30. The van der Waals surface area contributed by atoms with E-state index in [9.17, 15) is 19.7 Å². The van der Waals surface area contributed by atoms with E-state index >= 15 is 0 Å². The van der Waals surface area contributed by atoms with Gasteiger partial charge in [0.2, 0.25) is 0 Å². The molecule has 1 aromatic rings. The number of nitro groups is 1. The standard InChI is InChI=1S/C15H21NO8.C3H6O2.2C2H4O.CH4O/c1-22-11(5-6-17)8-14(15(19)23-2)24-13-4-3-10(9-18)7-12(13)16(20)21;1-3(4)5-2;2*1-2-3;1-2/h3-4,7,11,14,17-18H,5-6,8-9H2,1-2H3;1-2H3;2*2H,1H3;2H,1H3. The lowest BCUT2D eigenvalue weighted by Crippen LogP contribution is -2.33. The molecule has 14 nitrogen and oxygen atoms in total. The van der Waals surface area contributed by atoms with E-state index in [-0.39, 0.29) is 43.5 Å². The number of hydrogen-bond acceptors (Lipinski definition) is 13. The molecule has 0 aliphatic carbocycles. The van der Waals surface area contributed by atoms with Gasteiger partial charge in [0, 0.05) is 40.2 Å². The van der Waals surface area contributed by atoms with Crippen molar-refractivity contribution in [1.29, 1.82) is 0 Å². The highest BCUT2D eigenvalue weighted by Gasteiger charge is 2.28. The number of ether oxygens (including phenoxy) is 4. The van der Waals surface area contributed by atoms with Gasteiger partial charge in [-0.3, -0.25) is 14.9 Å². The molecule has 14 heteroatoms. The molecule has 0 aliphatic heterocycles. The van der Waals surface area contributed by atoms with E-state index in [2.05, 4.69) is 9.47 Å². The molecule has 0 heterocycles. The van der Waals surface area contributed by atoms with Gasteiger partial charge in [0.25, 0.3) is 0 Å². The van der Waals surface area contributed by atoms with Gasteiger partial charge in [-0.25, -0.2) is 4.79 Å². The van der Waals surface area contributed by atoms with Crippen LogP contribution in [0.4, 0.5) is 5.69 Å². The summed E-state index contributed by atoms with van der Waals surface area (Å²) in [6, 6.07) is 3.94. The maximum absolute atomic E-state index is 11.9. The lowest BCUT2D eigenvalue weighted by molar-refractivity contribution is -0.386. The van der Waals surface area contributed by atoms with Crippen molar-refractivity contribution in [1.82, 2.24) is 0 Å². The number of aldehydes is 2. The fourth-order valence-corrected chi connectivity index (χ4v) is 2.10. The zero-order valence-corrected chi connectivity index (χ0v) is 22.2. The lowest BCUT2D eigenvalue weighted by Gasteiger charge is -2.21. The van der Waals surface area contributed by atoms with Crippen molar-refractivity contribution in [3.8, 4) is 5.75 Å². The van der Waals surface area contributed by atoms with Gasteiger partial charge in [-0.15, -0.1) is 0 Å². The van der Waals surface area contributed by atoms with E-state index in [1.807, 2.05) is 0 Å². The maximum atomic E-state index is 11.9. The summed E-state index contributed by atoms with van der Waals surface area (Å²) in [6.07, 6.45) is 0.224. The van der Waals surface area contributed by atoms with Crippen molar-refractivity contribution in [3.63, 3.8) is 0 Å². The zero-order valence-electron chi connectivity index (χ0n) is 22.2. The van der Waals surface area contributed by atoms with E-state index in [0.717, 1.165) is 19.7 Å². The van der Waals surface area contributed by atoms with Crippen LogP contribution >= 0.6 is 0 Å². The summed E-state index contributed by atoms with van der Waals surface area (Å²) in [7, 11) is 4.95. The second-order valence-corrected chi connectivity index (χ2v) is 6.12. The first-order chi connectivity index (χ1) is 17.6. The molecule has 0 amide bonds. The Kier molecular flexibility index (Phi) is 31.7. The Morgan fingerprint density at radius 1 is 1.05 bits per heavy atom. The molecule has 0 fully saturated rings. The third kappa shape index (κ3) is 22.7. The molecule has 3 N–H and O–H groups in total. The summed E-state index contributed by atoms with van der Waals surface area (Å²) < 4.78 is 19.4. The molecule has 1 aromatic carbocycles. The van der Waals surface area contributed by atoms with E-state index in [1.165, 1.54) is 60.3 Å². The minimum absolute atomic E-state index is 0.0582. The molecule has 0 bridgehead atoms. The van der Waals surface area contributed by atoms with Crippen molar-refractivity contribution in [3.05, 3.63) is 33.9 Å². The molecule has 0 aromatic heterocycles. The highest BCUT2D eigenvalue weighted by molar-refractivity contribution is 5.75. The number of methoxy groups -OCH3 is 3. The first kappa shape index (κ1) is 40.7. The Labute approximate surface area is 216 Å². The molecule has 214 valence electrons. The number of nitrogens with zero attached hydrogens (tertiary/aromatic N) is 1. The summed E-state index contributed by atoms with van der Waals surface area (Å²) in [5.41, 5.74) is -0.0229. The molecule has 0 aliphatic rings. The fraction of sp³-hybridized carbons (Fsp3) is 0.565. The van der Waals surface area contributed by atoms with Crippen LogP contribution in [0, 0.1) is 10.1 Å². The predicted octanol–water partition coefficient (Wildman–Crippen LogP) is 0.993. The maximum Gasteiger partial charge on any atom is 0.347 e. The smallest absolute Gasteiger partial charge is 0.347 e. The van der Waals surface area contributed by atoms with Crippen LogP contribution in [0.2, 0.25) is 0 Å². The Bertz CT molecular complexity index is 750. The molecular formula is C23H39NO13. The Morgan fingerprint density at radius 3 is 1.86 bits per heavy atom. The van der Waals surface area contributed by atoms with Crippen LogP contribution in [0.25, 0.3) is 0 Å². The molecule has 1 rings (SSSR count). The summed E-state index contributed by atoms with van der Waals surface area (Å²) in [6.45, 7) is 3.75. The molecule has 0 saturated heterocycles. The lowest BCUT2D eigenvalue weighted by atomic mass is 10.1. The number of aliphatic hydroxyl groups is 3. The van der Waals surface area contributed by atoms with Gasteiger partial charge < -0.3 is 43.9 Å². The number of nitro benzene ring substituents is 1. The average Bonchev–Trinajstić information content (AvgIpc) is 2.89. The molecule has 0 spiro atoms. The van der Waals surface area contributed by atoms with Crippen LogP contribution < -0.4 is 4.74 Å². The number of hydrogen-bond donors (Lipinski definition) is 3. The summed E-state index contributed by atoms with van der Waals surface area (Å²) in [5.74, 6) is -1.08. The van der Waals surface area contributed by atoms with Gasteiger partial charge in [-0.05, 0) is 31.9 Å². The summed E-state index contributed by atoms with van der Waals surface area (Å²) in [5, 5.41) is 36.2. The SMILES string of the molecule is CC=O.CC=O.CO.COC(=O)C(CC(CCO)OC)Oc1ccc(CO)cc1[N+](=O)[O-].COC(C)=O.